The highest BCUT2D eigenvalue weighted by Gasteiger charge is 2.17. The standard InChI is InChI=1S/C18H28N4O2.HI/c1-2-19-18(21-13-17(24)22-10-6-7-11-22)20-12-16(14-23)15-8-4-3-5-9-15;/h3-5,8-9,16,23H,2,6-7,10-14H2,1H3,(H2,19,20,21);1H. The van der Waals surface area contributed by atoms with E-state index < -0.39 is 0 Å². The molecule has 1 unspecified atom stereocenters. The van der Waals surface area contributed by atoms with Crippen molar-refractivity contribution in [1.82, 2.24) is 15.5 Å². The van der Waals surface area contributed by atoms with E-state index in [4.69, 9.17) is 0 Å². The molecule has 2 rings (SSSR count). The molecular formula is C18H29IN4O2. The number of carbonyl (C=O) groups is 1. The zero-order valence-corrected chi connectivity index (χ0v) is 17.1. The van der Waals surface area contributed by atoms with E-state index >= 15 is 0 Å². The van der Waals surface area contributed by atoms with E-state index in [-0.39, 0.29) is 49.0 Å². The van der Waals surface area contributed by atoms with Gasteiger partial charge in [-0.2, -0.15) is 0 Å². The van der Waals surface area contributed by atoms with E-state index in [0.29, 0.717) is 12.5 Å². The van der Waals surface area contributed by atoms with E-state index in [9.17, 15) is 9.90 Å². The van der Waals surface area contributed by atoms with Crippen LogP contribution in [0.25, 0.3) is 0 Å². The first-order valence-corrected chi connectivity index (χ1v) is 8.70. The van der Waals surface area contributed by atoms with Gasteiger partial charge < -0.3 is 20.6 Å². The average Bonchev–Trinajstić information content (AvgIpc) is 3.15. The second kappa shape index (κ2) is 12.1. The molecule has 6 nitrogen and oxygen atoms in total. The summed E-state index contributed by atoms with van der Waals surface area (Å²) in [4.78, 5) is 18.3. The van der Waals surface area contributed by atoms with Crippen molar-refractivity contribution in [3.05, 3.63) is 35.9 Å². The predicted molar refractivity (Wildman–Crippen MR) is 111 cm³/mol. The van der Waals surface area contributed by atoms with Crippen molar-refractivity contribution in [3.63, 3.8) is 0 Å². The molecule has 140 valence electrons. The van der Waals surface area contributed by atoms with Crippen LogP contribution >= 0.6 is 24.0 Å². The molecule has 1 aromatic rings. The van der Waals surface area contributed by atoms with Crippen LogP contribution < -0.4 is 10.6 Å². The van der Waals surface area contributed by atoms with Gasteiger partial charge in [0.15, 0.2) is 5.96 Å². The Kier molecular flexibility index (Phi) is 10.5. The summed E-state index contributed by atoms with van der Waals surface area (Å²) in [6.07, 6.45) is 2.17. The van der Waals surface area contributed by atoms with Crippen molar-refractivity contribution in [2.75, 3.05) is 39.3 Å². The summed E-state index contributed by atoms with van der Waals surface area (Å²) in [6, 6.07) is 9.89. The Morgan fingerprint density at radius 2 is 1.92 bits per heavy atom. The lowest BCUT2D eigenvalue weighted by Crippen LogP contribution is -2.41. The zero-order valence-electron chi connectivity index (χ0n) is 14.8. The number of benzene rings is 1. The molecule has 1 aliphatic rings. The molecule has 0 bridgehead atoms. The topological polar surface area (TPSA) is 77.0 Å². The average molecular weight is 460 g/mol. The molecule has 7 heteroatoms. The van der Waals surface area contributed by atoms with Gasteiger partial charge in [-0.25, -0.2) is 4.99 Å². The van der Waals surface area contributed by atoms with Crippen LogP contribution in [0.4, 0.5) is 0 Å². The maximum atomic E-state index is 12.1. The summed E-state index contributed by atoms with van der Waals surface area (Å²) in [7, 11) is 0. The summed E-state index contributed by atoms with van der Waals surface area (Å²) < 4.78 is 0. The first-order chi connectivity index (χ1) is 11.7. The Morgan fingerprint density at radius 3 is 2.52 bits per heavy atom. The highest BCUT2D eigenvalue weighted by atomic mass is 127. The number of guanidine groups is 1. The number of hydrogen-bond donors (Lipinski definition) is 3. The summed E-state index contributed by atoms with van der Waals surface area (Å²) in [5.41, 5.74) is 1.08. The van der Waals surface area contributed by atoms with Crippen molar-refractivity contribution in [3.8, 4) is 0 Å². The van der Waals surface area contributed by atoms with Crippen molar-refractivity contribution >= 4 is 35.8 Å². The quantitative estimate of drug-likeness (QED) is 0.328. The molecule has 1 aliphatic heterocycles. The molecule has 1 atom stereocenters. The van der Waals surface area contributed by atoms with Crippen molar-refractivity contribution in [2.45, 2.75) is 25.7 Å². The first kappa shape index (κ1) is 21.7. The SMILES string of the molecule is CCNC(=NCC(=O)N1CCCC1)NCC(CO)c1ccccc1.I. The van der Waals surface area contributed by atoms with Crippen molar-refractivity contribution in [1.29, 1.82) is 0 Å². The number of carbonyl (C=O) groups excluding carboxylic acids is 1. The van der Waals surface area contributed by atoms with Crippen LogP contribution in [0.3, 0.4) is 0 Å². The molecular weight excluding hydrogens is 431 g/mol. The third-order valence-electron chi connectivity index (χ3n) is 4.18. The lowest BCUT2D eigenvalue weighted by Gasteiger charge is -2.18. The van der Waals surface area contributed by atoms with E-state index in [1.807, 2.05) is 42.2 Å². The van der Waals surface area contributed by atoms with E-state index in [2.05, 4.69) is 15.6 Å². The number of amides is 1. The van der Waals surface area contributed by atoms with Gasteiger partial charge in [-0.15, -0.1) is 24.0 Å². The minimum atomic E-state index is -0.00987. The van der Waals surface area contributed by atoms with Crippen LogP contribution in [0.1, 0.15) is 31.2 Å². The number of halogens is 1. The fraction of sp³-hybridized carbons (Fsp3) is 0.556. The van der Waals surface area contributed by atoms with Gasteiger partial charge in [0.25, 0.3) is 0 Å². The Balaban J connectivity index is 0.00000312. The van der Waals surface area contributed by atoms with Gasteiger partial charge in [0.2, 0.25) is 5.91 Å². The van der Waals surface area contributed by atoms with Crippen molar-refractivity contribution in [2.24, 2.45) is 4.99 Å². The summed E-state index contributed by atoms with van der Waals surface area (Å²) >= 11 is 0. The van der Waals surface area contributed by atoms with E-state index in [0.717, 1.165) is 38.0 Å². The highest BCUT2D eigenvalue weighted by Crippen LogP contribution is 2.13. The fourth-order valence-electron chi connectivity index (χ4n) is 2.79. The van der Waals surface area contributed by atoms with Gasteiger partial charge in [-0.05, 0) is 25.3 Å². The Morgan fingerprint density at radius 1 is 1.24 bits per heavy atom. The number of nitrogens with zero attached hydrogens (tertiary/aromatic N) is 2. The first-order valence-electron chi connectivity index (χ1n) is 8.70. The van der Waals surface area contributed by atoms with Crippen LogP contribution in [0, 0.1) is 0 Å². The highest BCUT2D eigenvalue weighted by molar-refractivity contribution is 14.0. The molecule has 1 saturated heterocycles. The molecule has 1 amide bonds. The molecule has 1 heterocycles. The fourth-order valence-corrected chi connectivity index (χ4v) is 2.79. The molecule has 1 fully saturated rings. The number of rotatable bonds is 7. The number of aliphatic imine (C=N–C) groups is 1. The summed E-state index contributed by atoms with van der Waals surface area (Å²) in [5, 5.41) is 16.0. The van der Waals surface area contributed by atoms with Crippen LogP contribution in [-0.4, -0.2) is 61.2 Å². The van der Waals surface area contributed by atoms with Gasteiger partial charge in [0, 0.05) is 32.1 Å². The van der Waals surface area contributed by atoms with E-state index in [1.165, 1.54) is 0 Å². The molecule has 3 N–H and O–H groups in total. The zero-order chi connectivity index (χ0) is 17.2. The number of nitrogens with one attached hydrogen (secondary N) is 2. The minimum Gasteiger partial charge on any atom is -0.396 e. The smallest absolute Gasteiger partial charge is 0.244 e. The molecule has 0 saturated carbocycles. The van der Waals surface area contributed by atoms with Gasteiger partial charge in [0.05, 0.1) is 6.61 Å². The predicted octanol–water partition coefficient (Wildman–Crippen LogP) is 1.56. The van der Waals surface area contributed by atoms with Crippen molar-refractivity contribution < 1.29 is 9.90 Å². The second-order valence-electron chi connectivity index (χ2n) is 5.95. The lowest BCUT2D eigenvalue weighted by atomic mass is 10.0. The lowest BCUT2D eigenvalue weighted by molar-refractivity contribution is -0.128. The number of likely N-dealkylation sites (tertiary alicyclic amines) is 1. The molecule has 0 aliphatic carbocycles. The van der Waals surface area contributed by atoms with Crippen LogP contribution in [0.5, 0.6) is 0 Å². The third kappa shape index (κ3) is 7.19. The van der Waals surface area contributed by atoms with Gasteiger partial charge in [-0.3, -0.25) is 4.79 Å². The Bertz CT molecular complexity index is 533. The van der Waals surface area contributed by atoms with Crippen LogP contribution in [-0.2, 0) is 4.79 Å². The molecule has 0 spiro atoms. The molecule has 0 aromatic heterocycles. The number of aliphatic hydroxyl groups is 1. The third-order valence-corrected chi connectivity index (χ3v) is 4.18. The summed E-state index contributed by atoms with van der Waals surface area (Å²) in [6.45, 7) is 5.18. The van der Waals surface area contributed by atoms with E-state index in [1.54, 1.807) is 0 Å². The normalized spacial score (nSPS) is 15.4. The molecule has 0 radical (unpaired) electrons. The number of hydrogen-bond acceptors (Lipinski definition) is 3. The largest absolute Gasteiger partial charge is 0.396 e. The molecule has 1 aromatic carbocycles. The summed E-state index contributed by atoms with van der Waals surface area (Å²) in [5.74, 6) is 0.676. The maximum Gasteiger partial charge on any atom is 0.244 e. The van der Waals surface area contributed by atoms with Crippen LogP contribution in [0.15, 0.2) is 35.3 Å². The Hall–Kier alpha value is -1.35. The van der Waals surface area contributed by atoms with Gasteiger partial charge >= 0.3 is 0 Å². The van der Waals surface area contributed by atoms with Crippen LogP contribution in [0.2, 0.25) is 0 Å². The monoisotopic (exact) mass is 460 g/mol. The van der Waals surface area contributed by atoms with Gasteiger partial charge in [0.1, 0.15) is 6.54 Å². The minimum absolute atomic E-state index is 0. The van der Waals surface area contributed by atoms with Gasteiger partial charge in [-0.1, -0.05) is 30.3 Å². The Labute approximate surface area is 167 Å². The molecule has 25 heavy (non-hydrogen) atoms. The number of aliphatic hydroxyl groups excluding tert-OH is 1. The second-order valence-corrected chi connectivity index (χ2v) is 5.95. The maximum absolute atomic E-state index is 12.1.